The molecule has 2 aromatic rings. The Hall–Kier alpha value is -2.37. The molecule has 0 unspecified atom stereocenters. The minimum Gasteiger partial charge on any atom is -0.484 e. The molecule has 23 heavy (non-hydrogen) atoms. The molecule has 0 spiro atoms. The number of hydrogen-bond donors (Lipinski definition) is 0. The molecule has 1 fully saturated rings. The molecule has 0 N–H and O–H groups in total. The van der Waals surface area contributed by atoms with Gasteiger partial charge in [0.2, 0.25) is 5.89 Å². The van der Waals surface area contributed by atoms with Crippen molar-refractivity contribution in [3.05, 3.63) is 41.5 Å². The Morgan fingerprint density at radius 2 is 2.22 bits per heavy atom. The van der Waals surface area contributed by atoms with Gasteiger partial charge in [-0.1, -0.05) is 23.4 Å². The third kappa shape index (κ3) is 3.70. The molecule has 0 aliphatic carbocycles. The van der Waals surface area contributed by atoms with Gasteiger partial charge in [0.1, 0.15) is 5.75 Å². The number of para-hydroxylation sites is 1. The second-order valence-electron chi connectivity index (χ2n) is 5.91. The Labute approximate surface area is 135 Å². The van der Waals surface area contributed by atoms with Crippen LogP contribution in [0.4, 0.5) is 0 Å². The van der Waals surface area contributed by atoms with Crippen molar-refractivity contribution in [1.82, 2.24) is 15.0 Å². The number of benzene rings is 1. The van der Waals surface area contributed by atoms with Gasteiger partial charge in [-0.05, 0) is 38.3 Å². The van der Waals surface area contributed by atoms with Gasteiger partial charge in [-0.15, -0.1) is 0 Å². The molecular weight excluding hydrogens is 294 g/mol. The van der Waals surface area contributed by atoms with E-state index in [4.69, 9.17) is 9.26 Å². The SMILES string of the molecule is Cc1noc([C@@H]2CCCN(C(=O)COc3ccccc3C)C2)n1. The molecular formula is C17H21N3O3. The number of carbonyl (C=O) groups excluding carboxylic acids is 1. The highest BCUT2D eigenvalue weighted by atomic mass is 16.5. The third-order valence-electron chi connectivity index (χ3n) is 4.11. The number of ether oxygens (including phenoxy) is 1. The topological polar surface area (TPSA) is 68.5 Å². The molecule has 3 rings (SSSR count). The van der Waals surface area contributed by atoms with Gasteiger partial charge in [0, 0.05) is 13.1 Å². The number of likely N-dealkylation sites (tertiary alicyclic amines) is 1. The fourth-order valence-corrected chi connectivity index (χ4v) is 2.83. The Bertz CT molecular complexity index is 683. The maximum absolute atomic E-state index is 12.4. The van der Waals surface area contributed by atoms with Crippen molar-refractivity contribution in [3.63, 3.8) is 0 Å². The van der Waals surface area contributed by atoms with Crippen LogP contribution in [0.25, 0.3) is 0 Å². The summed E-state index contributed by atoms with van der Waals surface area (Å²) in [5, 5.41) is 3.83. The van der Waals surface area contributed by atoms with Gasteiger partial charge >= 0.3 is 0 Å². The van der Waals surface area contributed by atoms with Gasteiger partial charge in [-0.25, -0.2) is 0 Å². The van der Waals surface area contributed by atoms with Crippen LogP contribution in [-0.2, 0) is 4.79 Å². The van der Waals surface area contributed by atoms with Crippen molar-refractivity contribution < 1.29 is 14.1 Å². The number of rotatable bonds is 4. The minimum absolute atomic E-state index is 0.00538. The van der Waals surface area contributed by atoms with E-state index in [0.717, 1.165) is 30.7 Å². The first-order valence-corrected chi connectivity index (χ1v) is 7.90. The lowest BCUT2D eigenvalue weighted by molar-refractivity contribution is -0.134. The minimum atomic E-state index is -0.00538. The Morgan fingerprint density at radius 3 is 2.96 bits per heavy atom. The summed E-state index contributed by atoms with van der Waals surface area (Å²) in [5.74, 6) is 2.12. The maximum atomic E-state index is 12.4. The smallest absolute Gasteiger partial charge is 0.260 e. The molecule has 0 bridgehead atoms. The van der Waals surface area contributed by atoms with Crippen LogP contribution < -0.4 is 4.74 Å². The summed E-state index contributed by atoms with van der Waals surface area (Å²) in [5.41, 5.74) is 1.03. The average molecular weight is 315 g/mol. The van der Waals surface area contributed by atoms with Gasteiger partial charge in [0.05, 0.1) is 5.92 Å². The highest BCUT2D eigenvalue weighted by Crippen LogP contribution is 2.26. The van der Waals surface area contributed by atoms with Gasteiger partial charge in [0.15, 0.2) is 12.4 Å². The second-order valence-corrected chi connectivity index (χ2v) is 5.91. The summed E-state index contributed by atoms with van der Waals surface area (Å²) in [7, 11) is 0. The molecule has 122 valence electrons. The molecule has 1 saturated heterocycles. The zero-order chi connectivity index (χ0) is 16.2. The predicted octanol–water partition coefficient (Wildman–Crippen LogP) is 2.47. The van der Waals surface area contributed by atoms with Crippen molar-refractivity contribution >= 4 is 5.91 Å². The van der Waals surface area contributed by atoms with E-state index in [1.54, 1.807) is 6.92 Å². The standard InChI is InChI=1S/C17H21N3O3/c1-12-6-3-4-8-15(12)22-11-16(21)20-9-5-7-14(10-20)17-18-13(2)19-23-17/h3-4,6,8,14H,5,7,9-11H2,1-2H3/t14-/m1/s1. The fraction of sp³-hybridized carbons (Fsp3) is 0.471. The molecule has 1 atom stereocenters. The summed E-state index contributed by atoms with van der Waals surface area (Å²) in [6, 6.07) is 7.70. The zero-order valence-electron chi connectivity index (χ0n) is 13.5. The summed E-state index contributed by atoms with van der Waals surface area (Å²) in [6.45, 7) is 5.18. The lowest BCUT2D eigenvalue weighted by Gasteiger charge is -2.31. The predicted molar refractivity (Wildman–Crippen MR) is 84.3 cm³/mol. The lowest BCUT2D eigenvalue weighted by Crippen LogP contribution is -2.41. The van der Waals surface area contributed by atoms with Crippen molar-refractivity contribution in [1.29, 1.82) is 0 Å². The van der Waals surface area contributed by atoms with Crippen LogP contribution in [0.3, 0.4) is 0 Å². The van der Waals surface area contributed by atoms with Crippen LogP contribution in [0.2, 0.25) is 0 Å². The lowest BCUT2D eigenvalue weighted by atomic mass is 9.98. The second kappa shape index (κ2) is 6.81. The average Bonchev–Trinajstić information content (AvgIpc) is 3.00. The number of amides is 1. The van der Waals surface area contributed by atoms with Crippen LogP contribution in [-0.4, -0.2) is 40.6 Å². The van der Waals surface area contributed by atoms with Crippen molar-refractivity contribution in [2.45, 2.75) is 32.6 Å². The van der Waals surface area contributed by atoms with E-state index in [-0.39, 0.29) is 18.4 Å². The summed E-state index contributed by atoms with van der Waals surface area (Å²) in [4.78, 5) is 18.5. The number of nitrogens with zero attached hydrogens (tertiary/aromatic N) is 3. The molecule has 6 nitrogen and oxygen atoms in total. The maximum Gasteiger partial charge on any atom is 0.260 e. The van der Waals surface area contributed by atoms with E-state index >= 15 is 0 Å². The molecule has 1 amide bonds. The quantitative estimate of drug-likeness (QED) is 0.867. The van der Waals surface area contributed by atoms with E-state index in [2.05, 4.69) is 10.1 Å². The number of carbonyl (C=O) groups is 1. The van der Waals surface area contributed by atoms with Crippen LogP contribution in [0.1, 0.15) is 36.0 Å². The van der Waals surface area contributed by atoms with E-state index in [0.29, 0.717) is 18.3 Å². The summed E-state index contributed by atoms with van der Waals surface area (Å²) >= 11 is 0. The molecule has 0 radical (unpaired) electrons. The fourth-order valence-electron chi connectivity index (χ4n) is 2.83. The number of hydrogen-bond acceptors (Lipinski definition) is 5. The number of aromatic nitrogens is 2. The number of piperidine rings is 1. The zero-order valence-corrected chi connectivity index (χ0v) is 13.5. The monoisotopic (exact) mass is 315 g/mol. The van der Waals surface area contributed by atoms with Gasteiger partial charge in [0.25, 0.3) is 5.91 Å². The van der Waals surface area contributed by atoms with Crippen molar-refractivity contribution in [3.8, 4) is 5.75 Å². The van der Waals surface area contributed by atoms with E-state index in [1.165, 1.54) is 0 Å². The molecule has 1 aromatic heterocycles. The summed E-state index contributed by atoms with van der Waals surface area (Å²) in [6.07, 6.45) is 1.90. The number of aryl methyl sites for hydroxylation is 2. The molecule has 1 aliphatic rings. The van der Waals surface area contributed by atoms with E-state index in [9.17, 15) is 4.79 Å². The van der Waals surface area contributed by atoms with Gasteiger partial charge in [-0.3, -0.25) is 4.79 Å². The molecule has 2 heterocycles. The Morgan fingerprint density at radius 1 is 1.39 bits per heavy atom. The molecule has 6 heteroatoms. The first kappa shape index (κ1) is 15.5. The van der Waals surface area contributed by atoms with Crippen LogP contribution >= 0.6 is 0 Å². The van der Waals surface area contributed by atoms with Gasteiger partial charge in [-0.2, -0.15) is 4.98 Å². The molecule has 0 saturated carbocycles. The first-order valence-electron chi connectivity index (χ1n) is 7.90. The third-order valence-corrected chi connectivity index (χ3v) is 4.11. The normalized spacial score (nSPS) is 18.0. The van der Waals surface area contributed by atoms with Crippen LogP contribution in [0, 0.1) is 13.8 Å². The van der Waals surface area contributed by atoms with E-state index in [1.807, 2.05) is 36.1 Å². The van der Waals surface area contributed by atoms with Crippen LogP contribution in [0.5, 0.6) is 5.75 Å². The van der Waals surface area contributed by atoms with E-state index < -0.39 is 0 Å². The van der Waals surface area contributed by atoms with Crippen molar-refractivity contribution in [2.75, 3.05) is 19.7 Å². The summed E-state index contributed by atoms with van der Waals surface area (Å²) < 4.78 is 10.9. The Kier molecular flexibility index (Phi) is 4.60. The first-order chi connectivity index (χ1) is 11.1. The van der Waals surface area contributed by atoms with Crippen LogP contribution in [0.15, 0.2) is 28.8 Å². The largest absolute Gasteiger partial charge is 0.484 e. The molecule has 1 aromatic carbocycles. The highest BCUT2D eigenvalue weighted by molar-refractivity contribution is 5.78. The van der Waals surface area contributed by atoms with Gasteiger partial charge < -0.3 is 14.2 Å². The van der Waals surface area contributed by atoms with Crippen molar-refractivity contribution in [2.24, 2.45) is 0 Å². The molecule has 1 aliphatic heterocycles. The highest BCUT2D eigenvalue weighted by Gasteiger charge is 2.28. The Balaban J connectivity index is 1.58.